The van der Waals surface area contributed by atoms with Crippen LogP contribution >= 0.6 is 0 Å². The van der Waals surface area contributed by atoms with Crippen molar-refractivity contribution in [2.45, 2.75) is 25.4 Å². The Hall–Kier alpha value is -4.21. The van der Waals surface area contributed by atoms with Crippen molar-refractivity contribution < 1.29 is 9.53 Å². The van der Waals surface area contributed by atoms with Crippen LogP contribution in [0, 0.1) is 0 Å². The van der Waals surface area contributed by atoms with Gasteiger partial charge in [0.05, 0.1) is 35.4 Å². The summed E-state index contributed by atoms with van der Waals surface area (Å²) in [5.74, 6) is 1.02. The van der Waals surface area contributed by atoms with E-state index in [0.717, 1.165) is 76.9 Å². The van der Waals surface area contributed by atoms with Crippen molar-refractivity contribution in [1.82, 2.24) is 29.2 Å². The number of ether oxygens (including phenoxy) is 1. The van der Waals surface area contributed by atoms with Gasteiger partial charge in [0.15, 0.2) is 0 Å². The molecule has 1 aromatic carbocycles. The van der Waals surface area contributed by atoms with E-state index < -0.39 is 0 Å². The fourth-order valence-electron chi connectivity index (χ4n) is 6.01. The molecule has 6 heterocycles. The van der Waals surface area contributed by atoms with E-state index in [4.69, 9.17) is 9.72 Å². The van der Waals surface area contributed by atoms with Crippen LogP contribution in [0.1, 0.15) is 39.5 Å². The fraction of sp³-hybridized carbons (Fsp3) is 0.300. The summed E-state index contributed by atoms with van der Waals surface area (Å²) in [5.41, 5.74) is 8.55. The minimum atomic E-state index is -0.0829. The van der Waals surface area contributed by atoms with Gasteiger partial charge < -0.3 is 24.8 Å². The molecular formula is C30H31N7O2. The van der Waals surface area contributed by atoms with E-state index in [1.165, 1.54) is 5.56 Å². The van der Waals surface area contributed by atoms with Gasteiger partial charge >= 0.3 is 0 Å². The minimum Gasteiger partial charge on any atom is -0.381 e. The monoisotopic (exact) mass is 521 g/mol. The summed E-state index contributed by atoms with van der Waals surface area (Å²) in [6, 6.07) is 14.5. The lowest BCUT2D eigenvalue weighted by atomic mass is 9.96. The second-order valence-electron chi connectivity index (χ2n) is 10.7. The molecule has 9 nitrogen and oxygen atoms in total. The van der Waals surface area contributed by atoms with Crippen LogP contribution in [0.5, 0.6) is 0 Å². The highest BCUT2D eigenvalue weighted by Crippen LogP contribution is 2.37. The first-order chi connectivity index (χ1) is 19.0. The number of fused-ring (bicyclic) bond motifs is 4. The number of carbonyl (C=O) groups excluding carboxylic acids is 1. The maximum atomic E-state index is 13.1. The van der Waals surface area contributed by atoms with Gasteiger partial charge in [-0.15, -0.1) is 0 Å². The number of nitrogens with zero attached hydrogens (tertiary/aromatic N) is 5. The van der Waals surface area contributed by atoms with Crippen molar-refractivity contribution >= 4 is 34.1 Å². The highest BCUT2D eigenvalue weighted by molar-refractivity contribution is 6.06. The molecular weight excluding hydrogens is 490 g/mol. The summed E-state index contributed by atoms with van der Waals surface area (Å²) in [4.78, 5) is 24.9. The lowest BCUT2D eigenvalue weighted by molar-refractivity contribution is 0.0966. The summed E-state index contributed by atoms with van der Waals surface area (Å²) in [7, 11) is 6.14. The average molecular weight is 522 g/mol. The first-order valence-electron chi connectivity index (χ1n) is 13.3. The molecule has 4 aromatic heterocycles. The maximum absolute atomic E-state index is 13.1. The number of hydrogen-bond acceptors (Lipinski definition) is 6. The number of benzene rings is 1. The summed E-state index contributed by atoms with van der Waals surface area (Å²) in [5, 5.41) is 7.64. The van der Waals surface area contributed by atoms with Crippen molar-refractivity contribution in [3.05, 3.63) is 77.2 Å². The van der Waals surface area contributed by atoms with Crippen LogP contribution in [0.2, 0.25) is 0 Å². The number of rotatable bonds is 6. The Balaban J connectivity index is 1.30. The molecule has 5 aromatic rings. The molecule has 7 rings (SSSR count). The zero-order valence-corrected chi connectivity index (χ0v) is 22.4. The normalized spacial score (nSPS) is 16.9. The van der Waals surface area contributed by atoms with E-state index in [9.17, 15) is 4.79 Å². The van der Waals surface area contributed by atoms with Crippen molar-refractivity contribution in [3.63, 3.8) is 0 Å². The van der Waals surface area contributed by atoms with Crippen LogP contribution in [0.15, 0.2) is 54.9 Å². The molecule has 0 bridgehead atoms. The second-order valence-corrected chi connectivity index (χ2v) is 10.7. The third-order valence-electron chi connectivity index (χ3n) is 7.83. The number of carbonyl (C=O) groups is 1. The zero-order valence-electron chi connectivity index (χ0n) is 22.4. The van der Waals surface area contributed by atoms with Crippen molar-refractivity contribution in [2.24, 2.45) is 7.05 Å². The van der Waals surface area contributed by atoms with Gasteiger partial charge in [0.2, 0.25) is 0 Å². The highest BCUT2D eigenvalue weighted by Gasteiger charge is 2.28. The predicted octanol–water partition coefficient (Wildman–Crippen LogP) is 4.44. The van der Waals surface area contributed by atoms with Gasteiger partial charge in [-0.3, -0.25) is 9.20 Å². The molecule has 0 unspecified atom stereocenters. The summed E-state index contributed by atoms with van der Waals surface area (Å²) >= 11 is 0. The van der Waals surface area contributed by atoms with Crippen LogP contribution in [-0.4, -0.2) is 57.1 Å². The van der Waals surface area contributed by atoms with Crippen LogP contribution < -0.4 is 10.6 Å². The first-order valence-corrected chi connectivity index (χ1v) is 13.3. The van der Waals surface area contributed by atoms with E-state index >= 15 is 0 Å². The van der Waals surface area contributed by atoms with Crippen LogP contribution in [0.3, 0.4) is 0 Å². The SMILES string of the molecule is CN(C)Cc1nc(Nc2ccc(-c3cnc4ccc5ccn(C)c5n34)c3c2C(=O)NC3)ccc1[C@H]1CCOC1. The zero-order chi connectivity index (χ0) is 26.7. The first kappa shape index (κ1) is 23.9. The molecule has 2 aliphatic heterocycles. The van der Waals surface area contributed by atoms with Gasteiger partial charge in [0.1, 0.15) is 17.1 Å². The number of amides is 1. The van der Waals surface area contributed by atoms with Crippen molar-refractivity contribution in [2.75, 3.05) is 32.6 Å². The number of hydrogen-bond donors (Lipinski definition) is 2. The molecule has 39 heavy (non-hydrogen) atoms. The lowest BCUT2D eigenvalue weighted by Gasteiger charge is -2.19. The molecule has 1 saturated heterocycles. The highest BCUT2D eigenvalue weighted by atomic mass is 16.5. The van der Waals surface area contributed by atoms with E-state index in [-0.39, 0.29) is 5.91 Å². The Morgan fingerprint density at radius 3 is 2.87 bits per heavy atom. The molecule has 1 atom stereocenters. The fourth-order valence-corrected chi connectivity index (χ4v) is 6.01. The third-order valence-corrected chi connectivity index (χ3v) is 7.83. The van der Waals surface area contributed by atoms with Crippen LogP contribution in [0.4, 0.5) is 11.5 Å². The topological polar surface area (TPSA) is 88.7 Å². The molecule has 9 heteroatoms. The lowest BCUT2D eigenvalue weighted by Crippen LogP contribution is -2.16. The molecule has 0 saturated carbocycles. The molecule has 1 amide bonds. The summed E-state index contributed by atoms with van der Waals surface area (Å²) < 4.78 is 9.92. The van der Waals surface area contributed by atoms with E-state index in [2.05, 4.69) is 74.0 Å². The van der Waals surface area contributed by atoms with Gasteiger partial charge in [-0.05, 0) is 62.0 Å². The Morgan fingerprint density at radius 1 is 1.15 bits per heavy atom. The van der Waals surface area contributed by atoms with Gasteiger partial charge in [-0.1, -0.05) is 12.1 Å². The van der Waals surface area contributed by atoms with Gasteiger partial charge in [-0.2, -0.15) is 0 Å². The molecule has 198 valence electrons. The van der Waals surface area contributed by atoms with Gasteiger partial charge in [-0.25, -0.2) is 9.97 Å². The maximum Gasteiger partial charge on any atom is 0.254 e. The van der Waals surface area contributed by atoms with Crippen molar-refractivity contribution in [3.8, 4) is 11.3 Å². The number of anilines is 2. The molecule has 2 N–H and O–H groups in total. The van der Waals surface area contributed by atoms with Crippen LogP contribution in [0.25, 0.3) is 27.9 Å². The quantitative estimate of drug-likeness (QED) is 0.344. The Bertz CT molecular complexity index is 1740. The summed E-state index contributed by atoms with van der Waals surface area (Å²) in [6.07, 6.45) is 4.97. The largest absolute Gasteiger partial charge is 0.381 e. The molecule has 0 aliphatic carbocycles. The average Bonchev–Trinajstić information content (AvgIpc) is 3.72. The van der Waals surface area contributed by atoms with Gasteiger partial charge in [0, 0.05) is 49.8 Å². The Kier molecular flexibility index (Phi) is 5.64. The van der Waals surface area contributed by atoms with Crippen LogP contribution in [-0.2, 0) is 24.9 Å². The van der Waals surface area contributed by atoms with E-state index in [0.29, 0.717) is 18.0 Å². The third kappa shape index (κ3) is 3.97. The van der Waals surface area contributed by atoms with E-state index in [1.54, 1.807) is 0 Å². The number of imidazole rings is 1. The molecule has 0 spiro atoms. The Morgan fingerprint density at radius 2 is 2.05 bits per heavy atom. The van der Waals surface area contributed by atoms with Gasteiger partial charge in [0.25, 0.3) is 5.91 Å². The predicted molar refractivity (Wildman–Crippen MR) is 151 cm³/mol. The van der Waals surface area contributed by atoms with E-state index in [1.807, 2.05) is 31.4 Å². The number of aromatic nitrogens is 4. The number of pyridine rings is 2. The standard InChI is InChI=1S/C30H31N7O2/c1-35(2)16-24-20(19-11-13-39-17-19)6-8-26(34-24)33-23-7-5-21(22-14-32-29(38)28(22)23)25-15-31-27-9-4-18-10-12-36(3)30(18)37(25)27/h4-10,12,15,19H,11,13-14,16-17H2,1-3H3,(H,32,38)(H,33,34)/t19-/m0/s1. The summed E-state index contributed by atoms with van der Waals surface area (Å²) in [6.45, 7) is 2.74. The Labute approximate surface area is 226 Å². The smallest absolute Gasteiger partial charge is 0.254 e. The molecule has 0 radical (unpaired) electrons. The minimum absolute atomic E-state index is 0.0829. The number of nitrogens with one attached hydrogen (secondary N) is 2. The second kappa shape index (κ2) is 9.21. The molecule has 1 fully saturated rings. The van der Waals surface area contributed by atoms with Crippen molar-refractivity contribution in [1.29, 1.82) is 0 Å². The molecule has 2 aliphatic rings. The number of aryl methyl sites for hydroxylation is 1.